The zero-order valence-electron chi connectivity index (χ0n) is 16.1. The lowest BCUT2D eigenvalue weighted by Crippen LogP contribution is -2.23. The predicted octanol–water partition coefficient (Wildman–Crippen LogP) is 2.59. The molecule has 0 aliphatic rings. The molecule has 0 atom stereocenters. The van der Waals surface area contributed by atoms with Gasteiger partial charge in [0.25, 0.3) is 0 Å². The third-order valence-corrected chi connectivity index (χ3v) is 4.43. The van der Waals surface area contributed by atoms with Crippen LogP contribution in [-0.2, 0) is 24.3 Å². The summed E-state index contributed by atoms with van der Waals surface area (Å²) in [4.78, 5) is 16.2. The Morgan fingerprint density at radius 2 is 1.86 bits per heavy atom. The van der Waals surface area contributed by atoms with E-state index in [1.165, 1.54) is 6.33 Å². The first-order chi connectivity index (χ1) is 13.7. The first kappa shape index (κ1) is 19.4. The van der Waals surface area contributed by atoms with Gasteiger partial charge in [-0.25, -0.2) is 9.67 Å². The number of hydrogen-bond acceptors (Lipinski definition) is 5. The summed E-state index contributed by atoms with van der Waals surface area (Å²) in [5, 5.41) is 7.06. The number of benzene rings is 2. The number of methoxy groups -OCH3 is 2. The Bertz CT molecular complexity index is 893. The fourth-order valence-corrected chi connectivity index (χ4v) is 2.88. The van der Waals surface area contributed by atoms with Crippen molar-refractivity contribution < 1.29 is 14.3 Å². The van der Waals surface area contributed by atoms with E-state index in [1.807, 2.05) is 42.5 Å². The highest BCUT2D eigenvalue weighted by Crippen LogP contribution is 2.25. The number of nitrogens with one attached hydrogen (secondary N) is 1. The molecule has 0 bridgehead atoms. The quantitative estimate of drug-likeness (QED) is 0.617. The minimum Gasteiger partial charge on any atom is -0.497 e. The largest absolute Gasteiger partial charge is 0.497 e. The first-order valence-electron chi connectivity index (χ1n) is 9.06. The maximum atomic E-state index is 12.2. The number of aromatic nitrogens is 3. The molecule has 1 amide bonds. The third-order valence-electron chi connectivity index (χ3n) is 4.43. The standard InChI is InChI=1S/C21H24N4O3/c1-27-19-8-9-20(28-2)18(11-19)7-10-21(26)23-12-16-3-5-17(6-4-16)13-25-15-22-14-24-25/h3-6,8-9,11,14-15H,7,10,12-13H2,1-2H3,(H,23,26). The summed E-state index contributed by atoms with van der Waals surface area (Å²) in [6.45, 7) is 1.17. The van der Waals surface area contributed by atoms with Gasteiger partial charge in [-0.15, -0.1) is 0 Å². The molecular formula is C21H24N4O3. The van der Waals surface area contributed by atoms with E-state index in [2.05, 4.69) is 15.4 Å². The van der Waals surface area contributed by atoms with Gasteiger partial charge in [-0.1, -0.05) is 24.3 Å². The fraction of sp³-hybridized carbons (Fsp3) is 0.286. The molecule has 0 saturated heterocycles. The molecule has 1 N–H and O–H groups in total. The molecule has 3 rings (SSSR count). The van der Waals surface area contributed by atoms with Gasteiger partial charge in [0, 0.05) is 13.0 Å². The lowest BCUT2D eigenvalue weighted by atomic mass is 10.1. The number of carbonyl (C=O) groups excluding carboxylic acids is 1. The summed E-state index contributed by atoms with van der Waals surface area (Å²) in [5.41, 5.74) is 3.13. The number of carbonyl (C=O) groups is 1. The summed E-state index contributed by atoms with van der Waals surface area (Å²) in [6, 6.07) is 13.7. The molecule has 28 heavy (non-hydrogen) atoms. The van der Waals surface area contributed by atoms with Gasteiger partial charge in [-0.3, -0.25) is 4.79 Å². The maximum absolute atomic E-state index is 12.2. The molecule has 0 saturated carbocycles. The molecular weight excluding hydrogens is 356 g/mol. The minimum absolute atomic E-state index is 0.00318. The molecule has 1 aromatic heterocycles. The Balaban J connectivity index is 1.48. The van der Waals surface area contributed by atoms with Gasteiger partial charge in [0.15, 0.2) is 0 Å². The van der Waals surface area contributed by atoms with Crippen molar-refractivity contribution in [3.63, 3.8) is 0 Å². The Labute approximate surface area is 164 Å². The second-order valence-electron chi connectivity index (χ2n) is 6.36. The van der Waals surface area contributed by atoms with Crippen LogP contribution < -0.4 is 14.8 Å². The van der Waals surface area contributed by atoms with Gasteiger partial charge < -0.3 is 14.8 Å². The molecule has 3 aromatic rings. The molecule has 7 nitrogen and oxygen atoms in total. The van der Waals surface area contributed by atoms with Crippen LogP contribution in [0.15, 0.2) is 55.1 Å². The van der Waals surface area contributed by atoms with E-state index < -0.39 is 0 Å². The lowest BCUT2D eigenvalue weighted by molar-refractivity contribution is -0.121. The number of amides is 1. The van der Waals surface area contributed by atoms with E-state index in [0.29, 0.717) is 25.9 Å². The lowest BCUT2D eigenvalue weighted by Gasteiger charge is -2.11. The second kappa shape index (κ2) is 9.55. The summed E-state index contributed by atoms with van der Waals surface area (Å²) >= 11 is 0. The van der Waals surface area contributed by atoms with Gasteiger partial charge in [0.1, 0.15) is 24.2 Å². The highest BCUT2D eigenvalue weighted by molar-refractivity contribution is 5.76. The summed E-state index contributed by atoms with van der Waals surface area (Å²) in [5.74, 6) is 1.51. The molecule has 146 valence electrons. The van der Waals surface area contributed by atoms with Crippen LogP contribution in [0.1, 0.15) is 23.1 Å². The van der Waals surface area contributed by atoms with Crippen LogP contribution >= 0.6 is 0 Å². The Morgan fingerprint density at radius 1 is 1.07 bits per heavy atom. The topological polar surface area (TPSA) is 78.3 Å². The van der Waals surface area contributed by atoms with Gasteiger partial charge in [-0.05, 0) is 41.3 Å². The SMILES string of the molecule is COc1ccc(OC)c(CCC(=O)NCc2ccc(Cn3cncn3)cc2)c1. The first-order valence-corrected chi connectivity index (χ1v) is 9.06. The van der Waals surface area contributed by atoms with Crippen molar-refractivity contribution in [1.82, 2.24) is 20.1 Å². The van der Waals surface area contributed by atoms with E-state index in [1.54, 1.807) is 25.2 Å². The molecule has 0 unspecified atom stereocenters. The number of aryl methyl sites for hydroxylation is 1. The second-order valence-corrected chi connectivity index (χ2v) is 6.36. The highest BCUT2D eigenvalue weighted by atomic mass is 16.5. The fourth-order valence-electron chi connectivity index (χ4n) is 2.88. The Kier molecular flexibility index (Phi) is 6.62. The monoisotopic (exact) mass is 380 g/mol. The smallest absolute Gasteiger partial charge is 0.220 e. The van der Waals surface area contributed by atoms with Gasteiger partial charge in [-0.2, -0.15) is 5.10 Å². The van der Waals surface area contributed by atoms with E-state index >= 15 is 0 Å². The van der Waals surface area contributed by atoms with Crippen LogP contribution in [0.5, 0.6) is 11.5 Å². The van der Waals surface area contributed by atoms with Crippen molar-refractivity contribution in [3.05, 3.63) is 71.8 Å². The molecule has 1 heterocycles. The average molecular weight is 380 g/mol. The molecule has 2 aromatic carbocycles. The van der Waals surface area contributed by atoms with Gasteiger partial charge >= 0.3 is 0 Å². The number of ether oxygens (including phenoxy) is 2. The van der Waals surface area contributed by atoms with Crippen LogP contribution in [0.2, 0.25) is 0 Å². The van der Waals surface area contributed by atoms with E-state index in [4.69, 9.17) is 9.47 Å². The summed E-state index contributed by atoms with van der Waals surface area (Å²) < 4.78 is 12.4. The highest BCUT2D eigenvalue weighted by Gasteiger charge is 2.08. The Hall–Kier alpha value is -3.35. The average Bonchev–Trinajstić information content (AvgIpc) is 3.24. The number of nitrogens with zero attached hydrogens (tertiary/aromatic N) is 3. The van der Waals surface area contributed by atoms with Crippen LogP contribution in [-0.4, -0.2) is 34.9 Å². The summed E-state index contributed by atoms with van der Waals surface area (Å²) in [7, 11) is 3.24. The zero-order valence-corrected chi connectivity index (χ0v) is 16.1. The van der Waals surface area contributed by atoms with E-state index in [-0.39, 0.29) is 5.91 Å². The summed E-state index contributed by atoms with van der Waals surface area (Å²) in [6.07, 6.45) is 4.17. The molecule has 7 heteroatoms. The number of hydrogen-bond donors (Lipinski definition) is 1. The molecule has 0 aliphatic heterocycles. The zero-order chi connectivity index (χ0) is 19.8. The van der Waals surface area contributed by atoms with Crippen molar-refractivity contribution in [3.8, 4) is 11.5 Å². The van der Waals surface area contributed by atoms with Crippen LogP contribution in [0, 0.1) is 0 Å². The van der Waals surface area contributed by atoms with Crippen molar-refractivity contribution >= 4 is 5.91 Å². The van der Waals surface area contributed by atoms with Crippen LogP contribution in [0.4, 0.5) is 0 Å². The molecule has 0 radical (unpaired) electrons. The van der Waals surface area contributed by atoms with E-state index in [0.717, 1.165) is 28.2 Å². The van der Waals surface area contributed by atoms with E-state index in [9.17, 15) is 4.79 Å². The van der Waals surface area contributed by atoms with Crippen molar-refractivity contribution in [1.29, 1.82) is 0 Å². The van der Waals surface area contributed by atoms with Crippen molar-refractivity contribution in [2.75, 3.05) is 14.2 Å². The van der Waals surface area contributed by atoms with Crippen LogP contribution in [0.3, 0.4) is 0 Å². The minimum atomic E-state index is -0.00318. The molecule has 0 aliphatic carbocycles. The Morgan fingerprint density at radius 3 is 2.54 bits per heavy atom. The van der Waals surface area contributed by atoms with Gasteiger partial charge in [0.05, 0.1) is 20.8 Å². The van der Waals surface area contributed by atoms with Crippen molar-refractivity contribution in [2.24, 2.45) is 0 Å². The van der Waals surface area contributed by atoms with Crippen molar-refractivity contribution in [2.45, 2.75) is 25.9 Å². The maximum Gasteiger partial charge on any atom is 0.220 e. The van der Waals surface area contributed by atoms with Crippen LogP contribution in [0.25, 0.3) is 0 Å². The normalized spacial score (nSPS) is 10.5. The number of rotatable bonds is 9. The van der Waals surface area contributed by atoms with Gasteiger partial charge in [0.2, 0.25) is 5.91 Å². The third kappa shape index (κ3) is 5.33. The molecule has 0 fully saturated rings. The molecule has 0 spiro atoms. The predicted molar refractivity (Wildman–Crippen MR) is 105 cm³/mol.